The molecule has 1 aromatic carbocycles. The van der Waals surface area contributed by atoms with Crippen molar-refractivity contribution in [2.24, 2.45) is 0 Å². The van der Waals surface area contributed by atoms with E-state index in [9.17, 15) is 18.3 Å². The molecule has 0 amide bonds. The predicted molar refractivity (Wildman–Crippen MR) is 104 cm³/mol. The molecule has 1 aliphatic rings. The van der Waals surface area contributed by atoms with Crippen LogP contribution in [0.1, 0.15) is 39.9 Å². The smallest absolute Gasteiger partial charge is 0.337 e. The molecule has 2 heterocycles. The van der Waals surface area contributed by atoms with Crippen LogP contribution < -0.4 is 9.62 Å². The van der Waals surface area contributed by atoms with Crippen LogP contribution in [-0.4, -0.2) is 37.6 Å². The number of benzene rings is 1. The van der Waals surface area contributed by atoms with Crippen molar-refractivity contribution in [2.75, 3.05) is 22.7 Å². The van der Waals surface area contributed by atoms with Crippen LogP contribution in [0.3, 0.4) is 0 Å². The molecule has 0 unspecified atom stereocenters. The number of hydrogen-bond donors (Lipinski definition) is 2. The molecule has 0 radical (unpaired) electrons. The number of carbonyl (C=O) groups is 1. The Morgan fingerprint density at radius 2 is 1.70 bits per heavy atom. The van der Waals surface area contributed by atoms with E-state index in [4.69, 9.17) is 0 Å². The number of rotatable bonds is 5. The van der Waals surface area contributed by atoms with Crippen LogP contribution in [0.4, 0.5) is 11.5 Å². The summed E-state index contributed by atoms with van der Waals surface area (Å²) in [5.41, 5.74) is 2.65. The van der Waals surface area contributed by atoms with E-state index in [0.29, 0.717) is 11.4 Å². The summed E-state index contributed by atoms with van der Waals surface area (Å²) in [5.74, 6) is -0.694. The molecule has 27 heavy (non-hydrogen) atoms. The second kappa shape index (κ2) is 7.19. The topological polar surface area (TPSA) is 99.6 Å². The Kier molecular flexibility index (Phi) is 5.10. The van der Waals surface area contributed by atoms with Crippen LogP contribution in [0.15, 0.2) is 29.3 Å². The standard InChI is InChI=1S/C19H23N3O4S/c1-12-8-14(3)17(9-13(12)2)27(25,26)21-16-10-15(19(23)24)11-20-18(16)22-6-4-5-7-22/h8-11,21H,4-7H2,1-3H3,(H,23,24). The van der Waals surface area contributed by atoms with Gasteiger partial charge in [-0.1, -0.05) is 6.07 Å². The lowest BCUT2D eigenvalue weighted by Gasteiger charge is -2.21. The van der Waals surface area contributed by atoms with Gasteiger partial charge in [-0.3, -0.25) is 4.72 Å². The predicted octanol–water partition coefficient (Wildman–Crippen LogP) is 3.11. The first kappa shape index (κ1) is 19.2. The highest BCUT2D eigenvalue weighted by Gasteiger charge is 2.24. The molecule has 0 saturated carbocycles. The van der Waals surface area contributed by atoms with Crippen molar-refractivity contribution in [2.45, 2.75) is 38.5 Å². The number of carboxylic acid groups (broad SMARTS) is 1. The summed E-state index contributed by atoms with van der Waals surface area (Å²) in [6.45, 7) is 7.05. The fourth-order valence-corrected chi connectivity index (χ4v) is 4.62. The van der Waals surface area contributed by atoms with Gasteiger partial charge in [-0.2, -0.15) is 0 Å². The molecular weight excluding hydrogens is 366 g/mol. The van der Waals surface area contributed by atoms with E-state index in [2.05, 4.69) is 9.71 Å². The van der Waals surface area contributed by atoms with E-state index in [1.165, 1.54) is 12.3 Å². The van der Waals surface area contributed by atoms with Gasteiger partial charge in [0.05, 0.1) is 16.1 Å². The van der Waals surface area contributed by atoms with E-state index < -0.39 is 16.0 Å². The zero-order valence-corrected chi connectivity index (χ0v) is 16.4. The third-order valence-corrected chi connectivity index (χ3v) is 6.35. The molecule has 1 aromatic heterocycles. The van der Waals surface area contributed by atoms with Gasteiger partial charge in [0.1, 0.15) is 0 Å². The van der Waals surface area contributed by atoms with Crippen LogP contribution in [0.25, 0.3) is 0 Å². The van der Waals surface area contributed by atoms with Gasteiger partial charge in [0.2, 0.25) is 0 Å². The molecule has 2 aromatic rings. The third kappa shape index (κ3) is 3.90. The summed E-state index contributed by atoms with van der Waals surface area (Å²) in [7, 11) is -3.89. The first-order valence-electron chi connectivity index (χ1n) is 8.78. The Labute approximate surface area is 159 Å². The summed E-state index contributed by atoms with van der Waals surface area (Å²) in [5, 5.41) is 9.26. The molecule has 0 aliphatic carbocycles. The molecule has 7 nitrogen and oxygen atoms in total. The van der Waals surface area contributed by atoms with Gasteiger partial charge in [0, 0.05) is 19.3 Å². The summed E-state index contributed by atoms with van der Waals surface area (Å²) in [4.78, 5) is 17.7. The number of pyridine rings is 1. The highest BCUT2D eigenvalue weighted by atomic mass is 32.2. The van der Waals surface area contributed by atoms with E-state index in [1.807, 2.05) is 24.8 Å². The molecule has 1 saturated heterocycles. The molecule has 144 valence electrons. The molecule has 0 spiro atoms. The fraction of sp³-hybridized carbons (Fsp3) is 0.368. The Balaban J connectivity index is 2.06. The molecule has 3 rings (SSSR count). The number of nitrogens with zero attached hydrogens (tertiary/aromatic N) is 2. The Morgan fingerprint density at radius 3 is 2.33 bits per heavy atom. The minimum Gasteiger partial charge on any atom is -0.478 e. The van der Waals surface area contributed by atoms with Gasteiger partial charge in [-0.25, -0.2) is 18.2 Å². The van der Waals surface area contributed by atoms with Crippen molar-refractivity contribution in [3.8, 4) is 0 Å². The number of anilines is 2. The molecular formula is C19H23N3O4S. The normalized spacial score (nSPS) is 14.4. The van der Waals surface area contributed by atoms with Crippen LogP contribution >= 0.6 is 0 Å². The maximum atomic E-state index is 13.0. The second-order valence-corrected chi connectivity index (χ2v) is 8.55. The summed E-state index contributed by atoms with van der Waals surface area (Å²) < 4.78 is 28.6. The minimum atomic E-state index is -3.89. The third-order valence-electron chi connectivity index (χ3n) is 4.84. The van der Waals surface area contributed by atoms with Crippen LogP contribution in [-0.2, 0) is 10.0 Å². The number of aromatic carboxylic acids is 1. The average molecular weight is 389 g/mol. The Bertz CT molecular complexity index is 996. The van der Waals surface area contributed by atoms with E-state index in [0.717, 1.165) is 37.1 Å². The van der Waals surface area contributed by atoms with Crippen molar-refractivity contribution in [3.05, 3.63) is 46.6 Å². The number of carboxylic acids is 1. The lowest BCUT2D eigenvalue weighted by Crippen LogP contribution is -2.23. The van der Waals surface area contributed by atoms with Gasteiger partial charge < -0.3 is 10.0 Å². The van der Waals surface area contributed by atoms with Crippen LogP contribution in [0, 0.1) is 20.8 Å². The molecule has 0 bridgehead atoms. The molecule has 1 fully saturated rings. The lowest BCUT2D eigenvalue weighted by atomic mass is 10.1. The van der Waals surface area contributed by atoms with Gasteiger partial charge >= 0.3 is 5.97 Å². The molecule has 1 aliphatic heterocycles. The number of aromatic nitrogens is 1. The maximum absolute atomic E-state index is 13.0. The highest BCUT2D eigenvalue weighted by Crippen LogP contribution is 2.30. The average Bonchev–Trinajstić information content (AvgIpc) is 3.11. The molecule has 0 atom stereocenters. The van der Waals surface area contributed by atoms with Crippen LogP contribution in [0.2, 0.25) is 0 Å². The summed E-state index contributed by atoms with van der Waals surface area (Å²) in [6, 6.07) is 4.80. The summed E-state index contributed by atoms with van der Waals surface area (Å²) in [6.07, 6.45) is 3.24. The van der Waals surface area contributed by atoms with Gasteiger partial charge in [-0.15, -0.1) is 0 Å². The largest absolute Gasteiger partial charge is 0.478 e. The summed E-state index contributed by atoms with van der Waals surface area (Å²) >= 11 is 0. The first-order chi connectivity index (χ1) is 12.7. The van der Waals surface area contributed by atoms with Gasteiger partial charge in [0.15, 0.2) is 5.82 Å². The van der Waals surface area contributed by atoms with Gasteiger partial charge in [0.25, 0.3) is 10.0 Å². The molecule has 8 heteroatoms. The zero-order chi connectivity index (χ0) is 19.8. The lowest BCUT2D eigenvalue weighted by molar-refractivity contribution is 0.0696. The van der Waals surface area contributed by atoms with Gasteiger partial charge in [-0.05, 0) is 62.4 Å². The van der Waals surface area contributed by atoms with Crippen molar-refractivity contribution in [3.63, 3.8) is 0 Å². The minimum absolute atomic E-state index is 0.0625. The number of aryl methyl sites for hydroxylation is 3. The van der Waals surface area contributed by atoms with Crippen molar-refractivity contribution >= 4 is 27.5 Å². The molecule has 2 N–H and O–H groups in total. The van der Waals surface area contributed by atoms with Crippen molar-refractivity contribution in [1.82, 2.24) is 4.98 Å². The zero-order valence-electron chi connectivity index (χ0n) is 15.6. The maximum Gasteiger partial charge on any atom is 0.337 e. The monoisotopic (exact) mass is 389 g/mol. The highest BCUT2D eigenvalue weighted by molar-refractivity contribution is 7.92. The second-order valence-electron chi connectivity index (χ2n) is 6.90. The van der Waals surface area contributed by atoms with E-state index in [1.54, 1.807) is 13.0 Å². The fourth-order valence-electron chi connectivity index (χ4n) is 3.25. The van der Waals surface area contributed by atoms with Crippen molar-refractivity contribution in [1.29, 1.82) is 0 Å². The number of nitrogens with one attached hydrogen (secondary N) is 1. The van der Waals surface area contributed by atoms with E-state index >= 15 is 0 Å². The quantitative estimate of drug-likeness (QED) is 0.815. The first-order valence-corrected chi connectivity index (χ1v) is 10.3. The van der Waals surface area contributed by atoms with Crippen molar-refractivity contribution < 1.29 is 18.3 Å². The van der Waals surface area contributed by atoms with Crippen LogP contribution in [0.5, 0.6) is 0 Å². The number of sulfonamides is 1. The Hall–Kier alpha value is -2.61. The number of hydrogen-bond acceptors (Lipinski definition) is 5. The Morgan fingerprint density at radius 1 is 1.07 bits per heavy atom. The van der Waals surface area contributed by atoms with E-state index in [-0.39, 0.29) is 16.1 Å². The SMILES string of the molecule is Cc1cc(C)c(S(=O)(=O)Nc2cc(C(=O)O)cnc2N2CCCC2)cc1C.